The van der Waals surface area contributed by atoms with E-state index in [1.54, 1.807) is 25.3 Å². The molecule has 3 aromatic rings. The number of aromatic nitrogens is 2. The number of benzene rings is 2. The number of para-hydroxylation sites is 1. The van der Waals surface area contributed by atoms with E-state index in [9.17, 15) is 4.79 Å². The molecule has 21 heavy (non-hydrogen) atoms. The molecule has 0 saturated carbocycles. The first-order valence-electron chi connectivity index (χ1n) is 6.56. The molecule has 0 bridgehead atoms. The van der Waals surface area contributed by atoms with Crippen molar-refractivity contribution in [2.45, 2.75) is 6.54 Å². The summed E-state index contributed by atoms with van der Waals surface area (Å²) in [5.41, 5.74) is 7.71. The van der Waals surface area contributed by atoms with Crippen LogP contribution in [0.4, 0.5) is 5.69 Å². The van der Waals surface area contributed by atoms with Crippen molar-refractivity contribution < 1.29 is 4.74 Å². The summed E-state index contributed by atoms with van der Waals surface area (Å²) in [7, 11) is 1.61. The maximum Gasteiger partial charge on any atom is 0.263 e. The summed E-state index contributed by atoms with van der Waals surface area (Å²) in [6, 6.07) is 12.9. The van der Waals surface area contributed by atoms with Crippen molar-refractivity contribution in [1.82, 2.24) is 9.55 Å². The normalized spacial score (nSPS) is 10.7. The third-order valence-corrected chi connectivity index (χ3v) is 3.42. The number of nitrogen functional groups attached to an aromatic ring is 1. The molecule has 2 N–H and O–H groups in total. The number of ether oxygens (including phenoxy) is 1. The van der Waals surface area contributed by atoms with Gasteiger partial charge in [-0.05, 0) is 18.2 Å². The van der Waals surface area contributed by atoms with Crippen LogP contribution in [0.1, 0.15) is 5.56 Å². The molecule has 0 amide bonds. The van der Waals surface area contributed by atoms with Crippen LogP contribution < -0.4 is 16.0 Å². The number of methoxy groups -OCH3 is 1. The van der Waals surface area contributed by atoms with Crippen molar-refractivity contribution >= 4 is 16.6 Å². The minimum atomic E-state index is -0.149. The molecular formula is C16H15N3O2. The number of nitrogens with two attached hydrogens (primary N) is 1. The number of anilines is 1. The highest BCUT2D eigenvalue weighted by Gasteiger charge is 2.09. The quantitative estimate of drug-likeness (QED) is 0.746. The van der Waals surface area contributed by atoms with Gasteiger partial charge in [0, 0.05) is 11.3 Å². The predicted molar refractivity (Wildman–Crippen MR) is 82.5 cm³/mol. The molecule has 0 aliphatic carbocycles. The second kappa shape index (κ2) is 5.28. The molecule has 0 fully saturated rings. The molecule has 5 heteroatoms. The zero-order chi connectivity index (χ0) is 14.8. The third-order valence-electron chi connectivity index (χ3n) is 3.42. The van der Waals surface area contributed by atoms with E-state index >= 15 is 0 Å². The summed E-state index contributed by atoms with van der Waals surface area (Å²) in [4.78, 5) is 16.9. The van der Waals surface area contributed by atoms with E-state index in [1.165, 1.54) is 10.9 Å². The fourth-order valence-corrected chi connectivity index (χ4v) is 2.36. The second-order valence-corrected chi connectivity index (χ2v) is 4.73. The lowest BCUT2D eigenvalue weighted by atomic mass is 10.2. The third kappa shape index (κ3) is 2.33. The lowest BCUT2D eigenvalue weighted by Crippen LogP contribution is -2.22. The van der Waals surface area contributed by atoms with Crippen LogP contribution in [-0.4, -0.2) is 16.7 Å². The van der Waals surface area contributed by atoms with Gasteiger partial charge in [-0.25, -0.2) is 4.98 Å². The first-order chi connectivity index (χ1) is 10.2. The summed E-state index contributed by atoms with van der Waals surface area (Å²) < 4.78 is 6.85. The first-order valence-corrected chi connectivity index (χ1v) is 6.56. The van der Waals surface area contributed by atoms with Crippen LogP contribution in [0.5, 0.6) is 5.75 Å². The first kappa shape index (κ1) is 13.2. The molecule has 1 heterocycles. The smallest absolute Gasteiger partial charge is 0.263 e. The van der Waals surface area contributed by atoms with E-state index in [4.69, 9.17) is 10.5 Å². The number of rotatable bonds is 3. The summed E-state index contributed by atoms with van der Waals surface area (Å²) in [5.74, 6) is 0.741. The highest BCUT2D eigenvalue weighted by Crippen LogP contribution is 2.19. The molecule has 1 aromatic heterocycles. The molecule has 106 valence electrons. The van der Waals surface area contributed by atoms with E-state index in [2.05, 4.69) is 4.98 Å². The van der Waals surface area contributed by atoms with Gasteiger partial charge in [-0.1, -0.05) is 24.3 Å². The number of hydrogen-bond acceptors (Lipinski definition) is 4. The monoisotopic (exact) mass is 281 g/mol. The van der Waals surface area contributed by atoms with Gasteiger partial charge in [0.25, 0.3) is 5.56 Å². The van der Waals surface area contributed by atoms with E-state index < -0.39 is 0 Å². The van der Waals surface area contributed by atoms with Crippen LogP contribution in [-0.2, 0) is 6.54 Å². The average Bonchev–Trinajstić information content (AvgIpc) is 2.50. The Morgan fingerprint density at radius 3 is 2.81 bits per heavy atom. The summed E-state index contributed by atoms with van der Waals surface area (Å²) >= 11 is 0. The Kier molecular flexibility index (Phi) is 3.31. The topological polar surface area (TPSA) is 70.1 Å². The predicted octanol–water partition coefficient (Wildman–Crippen LogP) is 2.04. The second-order valence-electron chi connectivity index (χ2n) is 4.73. The number of nitrogens with zero attached hydrogens (tertiary/aromatic N) is 2. The summed E-state index contributed by atoms with van der Waals surface area (Å²) in [6.45, 7) is 0.389. The van der Waals surface area contributed by atoms with Crippen molar-refractivity contribution in [3.05, 3.63) is 64.7 Å². The van der Waals surface area contributed by atoms with Gasteiger partial charge in [0.05, 0.1) is 30.9 Å². The Morgan fingerprint density at radius 1 is 1.19 bits per heavy atom. The SMILES string of the molecule is COc1ccccc1Cn1cnc2cccc(N)c2c1=O. The van der Waals surface area contributed by atoms with Crippen LogP contribution in [0.15, 0.2) is 53.6 Å². The van der Waals surface area contributed by atoms with E-state index in [0.29, 0.717) is 23.1 Å². The van der Waals surface area contributed by atoms with Crippen molar-refractivity contribution in [3.8, 4) is 5.75 Å². The van der Waals surface area contributed by atoms with E-state index in [1.807, 2.05) is 24.3 Å². The van der Waals surface area contributed by atoms with Gasteiger partial charge in [-0.2, -0.15) is 0 Å². The Balaban J connectivity index is 2.12. The largest absolute Gasteiger partial charge is 0.496 e. The van der Waals surface area contributed by atoms with Crippen LogP contribution in [0.2, 0.25) is 0 Å². The molecule has 0 aliphatic heterocycles. The molecule has 0 radical (unpaired) electrons. The zero-order valence-electron chi connectivity index (χ0n) is 11.6. The molecule has 0 saturated heterocycles. The van der Waals surface area contributed by atoms with Gasteiger partial charge in [0.15, 0.2) is 0 Å². The molecule has 0 atom stereocenters. The Hall–Kier alpha value is -2.82. The lowest BCUT2D eigenvalue weighted by Gasteiger charge is -2.11. The van der Waals surface area contributed by atoms with Gasteiger partial charge in [-0.3, -0.25) is 9.36 Å². The van der Waals surface area contributed by atoms with Gasteiger partial charge in [0.1, 0.15) is 5.75 Å². The maximum absolute atomic E-state index is 12.6. The Morgan fingerprint density at radius 2 is 2.00 bits per heavy atom. The zero-order valence-corrected chi connectivity index (χ0v) is 11.6. The molecule has 0 aliphatic rings. The molecule has 0 unspecified atom stereocenters. The average molecular weight is 281 g/mol. The van der Waals surface area contributed by atoms with Crippen LogP contribution >= 0.6 is 0 Å². The minimum Gasteiger partial charge on any atom is -0.496 e. The van der Waals surface area contributed by atoms with Gasteiger partial charge in [0.2, 0.25) is 0 Å². The fraction of sp³-hybridized carbons (Fsp3) is 0.125. The standard InChI is InChI=1S/C16H15N3O2/c1-21-14-8-3-2-5-11(14)9-19-10-18-13-7-4-6-12(17)15(13)16(19)20/h2-8,10H,9,17H2,1H3. The van der Waals surface area contributed by atoms with Crippen LogP contribution in [0.25, 0.3) is 10.9 Å². The Labute approximate surface area is 121 Å². The Bertz CT molecular complexity index is 856. The van der Waals surface area contributed by atoms with Crippen molar-refractivity contribution in [3.63, 3.8) is 0 Å². The summed E-state index contributed by atoms with van der Waals surface area (Å²) in [5, 5.41) is 0.454. The minimum absolute atomic E-state index is 0.149. The number of fused-ring (bicyclic) bond motifs is 1. The molecule has 2 aromatic carbocycles. The summed E-state index contributed by atoms with van der Waals surface area (Å²) in [6.07, 6.45) is 1.54. The van der Waals surface area contributed by atoms with Crippen LogP contribution in [0.3, 0.4) is 0 Å². The van der Waals surface area contributed by atoms with Gasteiger partial charge < -0.3 is 10.5 Å². The molecule has 0 spiro atoms. The molecule has 5 nitrogen and oxygen atoms in total. The van der Waals surface area contributed by atoms with Crippen molar-refractivity contribution in [1.29, 1.82) is 0 Å². The lowest BCUT2D eigenvalue weighted by molar-refractivity contribution is 0.408. The van der Waals surface area contributed by atoms with Gasteiger partial charge >= 0.3 is 0 Å². The maximum atomic E-state index is 12.6. The molecular weight excluding hydrogens is 266 g/mol. The number of hydrogen-bond donors (Lipinski definition) is 1. The van der Waals surface area contributed by atoms with Gasteiger partial charge in [-0.15, -0.1) is 0 Å². The van der Waals surface area contributed by atoms with Crippen molar-refractivity contribution in [2.24, 2.45) is 0 Å². The van der Waals surface area contributed by atoms with E-state index in [-0.39, 0.29) is 5.56 Å². The van der Waals surface area contributed by atoms with Crippen molar-refractivity contribution in [2.75, 3.05) is 12.8 Å². The fourth-order valence-electron chi connectivity index (χ4n) is 2.36. The van der Waals surface area contributed by atoms with E-state index in [0.717, 1.165) is 11.3 Å². The highest BCUT2D eigenvalue weighted by atomic mass is 16.5. The molecule has 3 rings (SSSR count). The highest BCUT2D eigenvalue weighted by molar-refractivity contribution is 5.89. The van der Waals surface area contributed by atoms with Crippen LogP contribution in [0, 0.1) is 0 Å².